The Bertz CT molecular complexity index is 643. The van der Waals surface area contributed by atoms with Crippen LogP contribution in [0.5, 0.6) is 0 Å². The molecule has 9 heteroatoms. The topological polar surface area (TPSA) is 102 Å². The van der Waals surface area contributed by atoms with E-state index in [-0.39, 0.29) is 24.9 Å². The average Bonchev–Trinajstić information content (AvgIpc) is 2.92. The van der Waals surface area contributed by atoms with E-state index in [1.54, 1.807) is 6.07 Å². The van der Waals surface area contributed by atoms with Gasteiger partial charge in [0.2, 0.25) is 11.8 Å². The molecule has 2 N–H and O–H groups in total. The van der Waals surface area contributed by atoms with Crippen molar-refractivity contribution in [2.75, 3.05) is 11.9 Å². The summed E-state index contributed by atoms with van der Waals surface area (Å²) in [6.45, 7) is 1.74. The van der Waals surface area contributed by atoms with Crippen molar-refractivity contribution in [3.05, 3.63) is 34.6 Å². The minimum Gasteiger partial charge on any atom is -0.345 e. The van der Waals surface area contributed by atoms with Crippen molar-refractivity contribution >= 4 is 33.4 Å². The molecule has 110 valence electrons. The molecule has 0 radical (unpaired) electrons. The van der Waals surface area contributed by atoms with Gasteiger partial charge in [0, 0.05) is 10.2 Å². The number of aryl methyl sites for hydroxylation is 1. The summed E-state index contributed by atoms with van der Waals surface area (Å²) in [5, 5.41) is 15.6. The maximum absolute atomic E-state index is 11.8. The zero-order valence-electron chi connectivity index (χ0n) is 11.2. The Morgan fingerprint density at radius 3 is 2.81 bits per heavy atom. The van der Waals surface area contributed by atoms with Crippen LogP contribution in [0.2, 0.25) is 0 Å². The first-order valence-electron chi connectivity index (χ1n) is 6.08. The minimum atomic E-state index is -0.343. The second-order valence-corrected chi connectivity index (χ2v) is 5.21. The number of rotatable bonds is 5. The molecule has 0 saturated heterocycles. The number of nitrogens with zero attached hydrogens (tertiary/aromatic N) is 4. The molecule has 0 unspecified atom stereocenters. The van der Waals surface area contributed by atoms with Crippen LogP contribution in [0, 0.1) is 6.92 Å². The van der Waals surface area contributed by atoms with Gasteiger partial charge in [0.05, 0.1) is 6.54 Å². The summed E-state index contributed by atoms with van der Waals surface area (Å²) in [6.07, 6.45) is 1.32. The van der Waals surface area contributed by atoms with Crippen LogP contribution in [0.1, 0.15) is 5.56 Å². The number of aromatic nitrogens is 4. The first-order chi connectivity index (χ1) is 10.0. The van der Waals surface area contributed by atoms with Crippen molar-refractivity contribution < 1.29 is 9.59 Å². The van der Waals surface area contributed by atoms with Gasteiger partial charge in [0.15, 0.2) is 0 Å². The van der Waals surface area contributed by atoms with E-state index in [1.165, 1.54) is 11.0 Å². The Labute approximate surface area is 129 Å². The summed E-state index contributed by atoms with van der Waals surface area (Å²) in [5.74, 6) is -0.643. The third-order valence-corrected chi connectivity index (χ3v) is 3.10. The van der Waals surface area contributed by atoms with Crippen LogP contribution in [0.3, 0.4) is 0 Å². The summed E-state index contributed by atoms with van der Waals surface area (Å²) >= 11 is 3.35. The molecule has 1 heterocycles. The summed E-state index contributed by atoms with van der Waals surface area (Å²) in [5.41, 5.74) is 1.63. The molecule has 8 nitrogen and oxygen atoms in total. The molecule has 0 spiro atoms. The largest absolute Gasteiger partial charge is 0.345 e. The summed E-state index contributed by atoms with van der Waals surface area (Å²) < 4.78 is 2.21. The SMILES string of the molecule is Cc1cc(Br)ccc1NC(=O)CNC(=O)Cn1cnnn1. The molecule has 0 bridgehead atoms. The molecule has 0 aliphatic rings. The Morgan fingerprint density at radius 2 is 2.14 bits per heavy atom. The van der Waals surface area contributed by atoms with E-state index < -0.39 is 0 Å². The third-order valence-electron chi connectivity index (χ3n) is 2.61. The average molecular weight is 353 g/mol. The number of tetrazole rings is 1. The number of hydrogen-bond acceptors (Lipinski definition) is 5. The van der Waals surface area contributed by atoms with E-state index in [4.69, 9.17) is 0 Å². The van der Waals surface area contributed by atoms with E-state index in [2.05, 4.69) is 42.1 Å². The van der Waals surface area contributed by atoms with Gasteiger partial charge in [0.25, 0.3) is 0 Å². The zero-order valence-corrected chi connectivity index (χ0v) is 12.8. The number of carbonyl (C=O) groups excluding carboxylic acids is 2. The quantitative estimate of drug-likeness (QED) is 0.815. The van der Waals surface area contributed by atoms with E-state index in [1.807, 2.05) is 19.1 Å². The van der Waals surface area contributed by atoms with Gasteiger partial charge in [-0.2, -0.15) is 0 Å². The molecule has 2 amide bonds. The highest BCUT2D eigenvalue weighted by atomic mass is 79.9. The number of hydrogen-bond donors (Lipinski definition) is 2. The van der Waals surface area contributed by atoms with Gasteiger partial charge in [-0.25, -0.2) is 4.68 Å². The lowest BCUT2D eigenvalue weighted by atomic mass is 10.2. The van der Waals surface area contributed by atoms with Gasteiger partial charge < -0.3 is 10.6 Å². The van der Waals surface area contributed by atoms with Crippen LogP contribution in [0.25, 0.3) is 0 Å². The predicted molar refractivity (Wildman–Crippen MR) is 78.3 cm³/mol. The highest BCUT2D eigenvalue weighted by Crippen LogP contribution is 2.19. The van der Waals surface area contributed by atoms with Crippen LogP contribution < -0.4 is 10.6 Å². The van der Waals surface area contributed by atoms with E-state index in [0.717, 1.165) is 10.0 Å². The Kier molecular flexibility index (Phi) is 4.99. The van der Waals surface area contributed by atoms with E-state index in [9.17, 15) is 9.59 Å². The van der Waals surface area contributed by atoms with Crippen molar-refractivity contribution in [1.29, 1.82) is 0 Å². The molecule has 1 aromatic carbocycles. The van der Waals surface area contributed by atoms with Crippen molar-refractivity contribution in [3.63, 3.8) is 0 Å². The molecule has 1 aromatic heterocycles. The molecule has 0 fully saturated rings. The first-order valence-corrected chi connectivity index (χ1v) is 6.87. The Morgan fingerprint density at radius 1 is 1.33 bits per heavy atom. The van der Waals surface area contributed by atoms with Gasteiger partial charge in [-0.05, 0) is 41.1 Å². The van der Waals surface area contributed by atoms with Gasteiger partial charge in [0.1, 0.15) is 12.9 Å². The fraction of sp³-hybridized carbons (Fsp3) is 0.250. The lowest BCUT2D eigenvalue weighted by Gasteiger charge is -2.09. The number of halogens is 1. The number of amides is 2. The second kappa shape index (κ2) is 6.93. The smallest absolute Gasteiger partial charge is 0.243 e. The number of carbonyl (C=O) groups is 2. The number of nitrogens with one attached hydrogen (secondary N) is 2. The van der Waals surface area contributed by atoms with Crippen LogP contribution in [-0.2, 0) is 16.1 Å². The van der Waals surface area contributed by atoms with E-state index >= 15 is 0 Å². The normalized spacial score (nSPS) is 10.2. The Hall–Kier alpha value is -2.29. The van der Waals surface area contributed by atoms with Crippen LogP contribution in [0.4, 0.5) is 5.69 Å². The van der Waals surface area contributed by atoms with E-state index in [0.29, 0.717) is 5.69 Å². The molecule has 21 heavy (non-hydrogen) atoms. The summed E-state index contributed by atoms with van der Waals surface area (Å²) in [4.78, 5) is 23.3. The van der Waals surface area contributed by atoms with Crippen LogP contribution in [-0.4, -0.2) is 38.6 Å². The van der Waals surface area contributed by atoms with Crippen molar-refractivity contribution in [1.82, 2.24) is 25.5 Å². The van der Waals surface area contributed by atoms with Crippen molar-refractivity contribution in [2.45, 2.75) is 13.5 Å². The highest BCUT2D eigenvalue weighted by molar-refractivity contribution is 9.10. The lowest BCUT2D eigenvalue weighted by molar-refractivity contribution is -0.124. The van der Waals surface area contributed by atoms with Crippen molar-refractivity contribution in [3.8, 4) is 0 Å². The molecular formula is C12H13BrN6O2. The predicted octanol–water partition coefficient (Wildman–Crippen LogP) is 0.499. The summed E-state index contributed by atoms with van der Waals surface area (Å²) in [6, 6.07) is 5.52. The molecule has 0 aliphatic carbocycles. The van der Waals surface area contributed by atoms with Gasteiger partial charge in [-0.15, -0.1) is 5.10 Å². The number of anilines is 1. The van der Waals surface area contributed by atoms with Crippen LogP contribution >= 0.6 is 15.9 Å². The lowest BCUT2D eigenvalue weighted by Crippen LogP contribution is -2.35. The molecule has 0 saturated carbocycles. The minimum absolute atomic E-state index is 0.0302. The maximum Gasteiger partial charge on any atom is 0.243 e. The van der Waals surface area contributed by atoms with Gasteiger partial charge in [-0.3, -0.25) is 9.59 Å². The monoisotopic (exact) mass is 352 g/mol. The highest BCUT2D eigenvalue weighted by Gasteiger charge is 2.08. The molecule has 0 atom stereocenters. The Balaban J connectivity index is 1.80. The maximum atomic E-state index is 11.8. The molecular weight excluding hydrogens is 340 g/mol. The fourth-order valence-electron chi connectivity index (χ4n) is 1.60. The third kappa shape index (κ3) is 4.63. The van der Waals surface area contributed by atoms with Crippen LogP contribution in [0.15, 0.2) is 29.0 Å². The number of benzene rings is 1. The first kappa shape index (κ1) is 15.1. The molecule has 2 rings (SSSR count). The van der Waals surface area contributed by atoms with Crippen molar-refractivity contribution in [2.24, 2.45) is 0 Å². The standard InChI is InChI=1S/C12H13BrN6O2/c1-8-4-9(13)2-3-10(8)16-11(20)5-14-12(21)6-19-7-15-17-18-19/h2-4,7H,5-6H2,1H3,(H,14,21)(H,16,20). The summed E-state index contributed by atoms with van der Waals surface area (Å²) in [7, 11) is 0. The van der Waals surface area contributed by atoms with Gasteiger partial charge in [-0.1, -0.05) is 15.9 Å². The fourth-order valence-corrected chi connectivity index (χ4v) is 2.07. The second-order valence-electron chi connectivity index (χ2n) is 4.29. The molecule has 2 aromatic rings. The molecule has 0 aliphatic heterocycles. The van der Waals surface area contributed by atoms with Gasteiger partial charge >= 0.3 is 0 Å². The zero-order chi connectivity index (χ0) is 15.2.